The molecule has 0 spiro atoms. The Bertz CT molecular complexity index is 574. The van der Waals surface area contributed by atoms with E-state index in [-0.39, 0.29) is 5.91 Å². The molecule has 4 heteroatoms. The summed E-state index contributed by atoms with van der Waals surface area (Å²) in [6, 6.07) is 10.2. The Kier molecular flexibility index (Phi) is 4.93. The molecule has 0 radical (unpaired) electrons. The average molecular weight is 288 g/mol. The summed E-state index contributed by atoms with van der Waals surface area (Å²) in [6.07, 6.45) is 0. The van der Waals surface area contributed by atoms with Crippen LogP contribution >= 0.6 is 11.3 Å². The topological polar surface area (TPSA) is 55.1 Å². The van der Waals surface area contributed by atoms with Crippen molar-refractivity contribution in [1.82, 2.24) is 5.32 Å². The minimum Gasteiger partial charge on any atom is -0.351 e. The van der Waals surface area contributed by atoms with Gasteiger partial charge in [0.15, 0.2) is 0 Å². The Labute approximate surface area is 123 Å². The number of benzene rings is 1. The van der Waals surface area contributed by atoms with Gasteiger partial charge in [0.2, 0.25) is 0 Å². The van der Waals surface area contributed by atoms with Gasteiger partial charge in [0.25, 0.3) is 5.91 Å². The molecule has 1 heterocycles. The van der Waals surface area contributed by atoms with Crippen molar-refractivity contribution in [1.29, 1.82) is 0 Å². The minimum atomic E-state index is -0.0177. The van der Waals surface area contributed by atoms with Crippen LogP contribution in [0.1, 0.15) is 22.2 Å². The Balaban J connectivity index is 2.16. The van der Waals surface area contributed by atoms with Crippen molar-refractivity contribution in [2.45, 2.75) is 13.8 Å². The van der Waals surface area contributed by atoms with E-state index < -0.39 is 0 Å². The van der Waals surface area contributed by atoms with E-state index in [1.807, 2.05) is 18.4 Å². The number of aryl methyl sites for hydroxylation is 1. The van der Waals surface area contributed by atoms with Gasteiger partial charge in [-0.05, 0) is 36.4 Å². The molecule has 106 valence electrons. The van der Waals surface area contributed by atoms with Crippen molar-refractivity contribution in [2.24, 2.45) is 11.7 Å². The third-order valence-electron chi connectivity index (χ3n) is 3.25. The van der Waals surface area contributed by atoms with E-state index in [4.69, 9.17) is 5.73 Å². The van der Waals surface area contributed by atoms with Gasteiger partial charge in [0, 0.05) is 12.1 Å². The minimum absolute atomic E-state index is 0.0177. The fourth-order valence-corrected chi connectivity index (χ4v) is 2.71. The SMILES string of the molecule is Cc1ccc(-c2ccsc2C(=O)NCC(C)CN)cc1. The summed E-state index contributed by atoms with van der Waals surface area (Å²) >= 11 is 1.47. The number of nitrogens with two attached hydrogens (primary N) is 1. The number of carbonyl (C=O) groups excluding carboxylic acids is 1. The van der Waals surface area contributed by atoms with Crippen LogP contribution in [0.25, 0.3) is 11.1 Å². The predicted octanol–water partition coefficient (Wildman–Crippen LogP) is 3.05. The summed E-state index contributed by atoms with van der Waals surface area (Å²) in [4.78, 5) is 13.0. The van der Waals surface area contributed by atoms with Crippen LogP contribution in [-0.4, -0.2) is 19.0 Å². The van der Waals surface area contributed by atoms with Gasteiger partial charge in [-0.25, -0.2) is 0 Å². The molecule has 1 atom stereocenters. The summed E-state index contributed by atoms with van der Waals surface area (Å²) in [5.41, 5.74) is 8.85. The van der Waals surface area contributed by atoms with Gasteiger partial charge < -0.3 is 11.1 Å². The lowest BCUT2D eigenvalue weighted by atomic mass is 10.0. The molecule has 1 unspecified atom stereocenters. The highest BCUT2D eigenvalue weighted by atomic mass is 32.1. The maximum absolute atomic E-state index is 12.2. The Morgan fingerprint density at radius 3 is 2.65 bits per heavy atom. The molecule has 0 bridgehead atoms. The van der Waals surface area contributed by atoms with Crippen LogP contribution in [0.3, 0.4) is 0 Å². The molecule has 0 aliphatic rings. The monoisotopic (exact) mass is 288 g/mol. The Hall–Kier alpha value is -1.65. The molecule has 3 nitrogen and oxygen atoms in total. The van der Waals surface area contributed by atoms with E-state index in [9.17, 15) is 4.79 Å². The van der Waals surface area contributed by atoms with E-state index in [1.54, 1.807) is 0 Å². The van der Waals surface area contributed by atoms with Gasteiger partial charge in [-0.3, -0.25) is 4.79 Å². The largest absolute Gasteiger partial charge is 0.351 e. The molecule has 0 aliphatic carbocycles. The first-order valence-electron chi connectivity index (χ1n) is 6.74. The highest BCUT2D eigenvalue weighted by Crippen LogP contribution is 2.28. The summed E-state index contributed by atoms with van der Waals surface area (Å²) in [6.45, 7) is 5.27. The lowest BCUT2D eigenvalue weighted by Crippen LogP contribution is -2.31. The number of hydrogen-bond donors (Lipinski definition) is 2. The first-order valence-corrected chi connectivity index (χ1v) is 7.62. The second kappa shape index (κ2) is 6.68. The second-order valence-corrected chi connectivity index (χ2v) is 6.00. The average Bonchev–Trinajstić information content (AvgIpc) is 2.94. The molecule has 0 fully saturated rings. The van der Waals surface area contributed by atoms with Gasteiger partial charge >= 0.3 is 0 Å². The number of nitrogens with one attached hydrogen (secondary N) is 1. The summed E-state index contributed by atoms with van der Waals surface area (Å²) in [5.74, 6) is 0.276. The molecular weight excluding hydrogens is 268 g/mol. The third-order valence-corrected chi connectivity index (χ3v) is 4.16. The van der Waals surface area contributed by atoms with Crippen molar-refractivity contribution in [3.8, 4) is 11.1 Å². The third kappa shape index (κ3) is 3.46. The number of thiophene rings is 1. The molecule has 2 aromatic rings. The molecule has 0 aliphatic heterocycles. The molecule has 1 amide bonds. The molecule has 0 saturated carbocycles. The molecule has 20 heavy (non-hydrogen) atoms. The van der Waals surface area contributed by atoms with Crippen LogP contribution in [0.4, 0.5) is 0 Å². The molecule has 1 aromatic carbocycles. The van der Waals surface area contributed by atoms with Gasteiger partial charge in [0.1, 0.15) is 0 Å². The zero-order valence-corrected chi connectivity index (χ0v) is 12.7. The van der Waals surface area contributed by atoms with Crippen LogP contribution < -0.4 is 11.1 Å². The summed E-state index contributed by atoms with van der Waals surface area (Å²) in [5, 5.41) is 4.90. The van der Waals surface area contributed by atoms with Crippen molar-refractivity contribution < 1.29 is 4.79 Å². The maximum Gasteiger partial charge on any atom is 0.261 e. The first kappa shape index (κ1) is 14.8. The van der Waals surface area contributed by atoms with Gasteiger partial charge in [-0.1, -0.05) is 36.8 Å². The number of rotatable bonds is 5. The van der Waals surface area contributed by atoms with E-state index in [1.165, 1.54) is 16.9 Å². The van der Waals surface area contributed by atoms with E-state index >= 15 is 0 Å². The van der Waals surface area contributed by atoms with Crippen molar-refractivity contribution in [2.75, 3.05) is 13.1 Å². The molecule has 3 N–H and O–H groups in total. The molecular formula is C16H20N2OS. The zero-order valence-electron chi connectivity index (χ0n) is 11.8. The highest BCUT2D eigenvalue weighted by Gasteiger charge is 2.14. The van der Waals surface area contributed by atoms with Gasteiger partial charge in [-0.15, -0.1) is 11.3 Å². The lowest BCUT2D eigenvalue weighted by molar-refractivity contribution is 0.0953. The fraction of sp³-hybridized carbons (Fsp3) is 0.312. The normalized spacial score (nSPS) is 12.2. The van der Waals surface area contributed by atoms with Crippen LogP contribution in [0, 0.1) is 12.8 Å². The van der Waals surface area contributed by atoms with Crippen LogP contribution in [-0.2, 0) is 0 Å². The van der Waals surface area contributed by atoms with Crippen LogP contribution in [0.2, 0.25) is 0 Å². The second-order valence-electron chi connectivity index (χ2n) is 5.08. The summed E-state index contributed by atoms with van der Waals surface area (Å²) < 4.78 is 0. The molecule has 2 rings (SSSR count). The van der Waals surface area contributed by atoms with Crippen LogP contribution in [0.15, 0.2) is 35.7 Å². The fourth-order valence-electron chi connectivity index (χ4n) is 1.88. The van der Waals surface area contributed by atoms with Crippen molar-refractivity contribution in [3.05, 3.63) is 46.2 Å². The van der Waals surface area contributed by atoms with E-state index in [0.717, 1.165) is 16.0 Å². The highest BCUT2D eigenvalue weighted by molar-refractivity contribution is 7.12. The number of hydrogen-bond acceptors (Lipinski definition) is 3. The Morgan fingerprint density at radius 1 is 1.30 bits per heavy atom. The standard InChI is InChI=1S/C16H20N2OS/c1-11-3-5-13(6-4-11)14-7-8-20-15(14)16(19)18-10-12(2)9-17/h3-8,12H,9-10,17H2,1-2H3,(H,18,19). The smallest absolute Gasteiger partial charge is 0.261 e. The predicted molar refractivity (Wildman–Crippen MR) is 85.0 cm³/mol. The van der Waals surface area contributed by atoms with Crippen molar-refractivity contribution in [3.63, 3.8) is 0 Å². The summed E-state index contributed by atoms with van der Waals surface area (Å²) in [7, 11) is 0. The van der Waals surface area contributed by atoms with E-state index in [0.29, 0.717) is 19.0 Å². The molecule has 1 aromatic heterocycles. The first-order chi connectivity index (χ1) is 9.61. The van der Waals surface area contributed by atoms with Crippen LogP contribution in [0.5, 0.6) is 0 Å². The van der Waals surface area contributed by atoms with Gasteiger partial charge in [0.05, 0.1) is 4.88 Å². The Morgan fingerprint density at radius 2 is 2.00 bits per heavy atom. The quantitative estimate of drug-likeness (QED) is 0.888. The van der Waals surface area contributed by atoms with Gasteiger partial charge in [-0.2, -0.15) is 0 Å². The number of amides is 1. The zero-order chi connectivity index (χ0) is 14.5. The lowest BCUT2D eigenvalue weighted by Gasteiger charge is -2.10. The number of carbonyl (C=O) groups is 1. The maximum atomic E-state index is 12.2. The molecule has 0 saturated heterocycles. The van der Waals surface area contributed by atoms with E-state index in [2.05, 4.69) is 36.5 Å². The van der Waals surface area contributed by atoms with Crippen molar-refractivity contribution >= 4 is 17.2 Å².